The van der Waals surface area contributed by atoms with Crippen molar-refractivity contribution in [3.63, 3.8) is 0 Å². The van der Waals surface area contributed by atoms with E-state index in [9.17, 15) is 5.11 Å². The molecule has 2 nitrogen and oxygen atoms in total. The molecule has 3 aliphatic rings. The van der Waals surface area contributed by atoms with Gasteiger partial charge in [-0.25, -0.2) is 0 Å². The van der Waals surface area contributed by atoms with Crippen molar-refractivity contribution >= 4 is 17.7 Å². The predicted molar refractivity (Wildman–Crippen MR) is 69.7 cm³/mol. The largest absolute Gasteiger partial charge is 0.387 e. The SMILES string of the molecule is OC1/C(=C\c2ccccc2Cl)N2CCC1CC2. The third kappa shape index (κ3) is 1.96. The standard InChI is InChI=1S/C14H16ClNO/c15-12-4-2-1-3-11(12)9-13-14(17)10-5-7-16(13)8-6-10/h1-4,9-10,14,17H,5-8H2/b13-9+. The van der Waals surface area contributed by atoms with Crippen LogP contribution in [0.15, 0.2) is 30.0 Å². The lowest BCUT2D eigenvalue weighted by molar-refractivity contribution is 0.0215. The van der Waals surface area contributed by atoms with Gasteiger partial charge < -0.3 is 10.0 Å². The van der Waals surface area contributed by atoms with Crippen molar-refractivity contribution in [2.45, 2.75) is 18.9 Å². The van der Waals surface area contributed by atoms with Gasteiger partial charge in [-0.3, -0.25) is 0 Å². The molecule has 1 atom stereocenters. The van der Waals surface area contributed by atoms with Crippen LogP contribution in [-0.4, -0.2) is 29.2 Å². The quantitative estimate of drug-likeness (QED) is 0.827. The molecule has 3 fully saturated rings. The summed E-state index contributed by atoms with van der Waals surface area (Å²) in [7, 11) is 0. The van der Waals surface area contributed by atoms with Crippen LogP contribution in [0.2, 0.25) is 5.02 Å². The smallest absolute Gasteiger partial charge is 0.0965 e. The molecule has 1 unspecified atom stereocenters. The molecule has 1 N–H and O–H groups in total. The van der Waals surface area contributed by atoms with E-state index in [2.05, 4.69) is 4.90 Å². The maximum atomic E-state index is 10.3. The molecular formula is C14H16ClNO. The minimum atomic E-state index is -0.311. The van der Waals surface area contributed by atoms with Gasteiger partial charge in [-0.15, -0.1) is 0 Å². The molecule has 1 aromatic carbocycles. The zero-order valence-electron chi connectivity index (χ0n) is 9.64. The van der Waals surface area contributed by atoms with Crippen LogP contribution in [0, 0.1) is 5.92 Å². The van der Waals surface area contributed by atoms with Gasteiger partial charge >= 0.3 is 0 Å². The Kier molecular flexibility index (Phi) is 2.85. The van der Waals surface area contributed by atoms with Crippen molar-refractivity contribution < 1.29 is 5.11 Å². The Morgan fingerprint density at radius 1 is 1.24 bits per heavy atom. The summed E-state index contributed by atoms with van der Waals surface area (Å²) in [4.78, 5) is 2.29. The lowest BCUT2D eigenvalue weighted by atomic mass is 9.83. The molecule has 0 amide bonds. The van der Waals surface area contributed by atoms with E-state index in [-0.39, 0.29) is 6.10 Å². The Bertz CT molecular complexity index is 445. The minimum Gasteiger partial charge on any atom is -0.387 e. The third-order valence-electron chi connectivity index (χ3n) is 3.86. The maximum Gasteiger partial charge on any atom is 0.0965 e. The van der Waals surface area contributed by atoms with Crippen LogP contribution < -0.4 is 0 Å². The number of aliphatic hydroxyl groups excluding tert-OH is 1. The van der Waals surface area contributed by atoms with Crippen molar-refractivity contribution in [2.24, 2.45) is 5.92 Å². The number of piperidine rings is 3. The second kappa shape index (κ2) is 4.35. The summed E-state index contributed by atoms with van der Waals surface area (Å²) >= 11 is 6.15. The summed E-state index contributed by atoms with van der Waals surface area (Å²) in [6.07, 6.45) is 3.95. The molecule has 90 valence electrons. The zero-order valence-corrected chi connectivity index (χ0v) is 10.4. The molecule has 0 spiro atoms. The van der Waals surface area contributed by atoms with Gasteiger partial charge in [0, 0.05) is 23.8 Å². The molecule has 0 aromatic heterocycles. The molecule has 0 aliphatic carbocycles. The molecule has 1 aromatic rings. The molecule has 3 heterocycles. The van der Waals surface area contributed by atoms with Crippen LogP contribution in [0.25, 0.3) is 6.08 Å². The minimum absolute atomic E-state index is 0.311. The lowest BCUT2D eigenvalue weighted by Crippen LogP contribution is -2.48. The highest BCUT2D eigenvalue weighted by atomic mass is 35.5. The fourth-order valence-corrected chi connectivity index (χ4v) is 3.02. The van der Waals surface area contributed by atoms with Gasteiger partial charge in [0.05, 0.1) is 6.10 Å². The van der Waals surface area contributed by atoms with Crippen LogP contribution >= 0.6 is 11.6 Å². The molecule has 3 aliphatic heterocycles. The van der Waals surface area contributed by atoms with E-state index in [0.29, 0.717) is 5.92 Å². The average molecular weight is 250 g/mol. The van der Waals surface area contributed by atoms with Gasteiger partial charge in [0.2, 0.25) is 0 Å². The summed E-state index contributed by atoms with van der Waals surface area (Å²) in [5, 5.41) is 11.0. The fraction of sp³-hybridized carbons (Fsp3) is 0.429. The lowest BCUT2D eigenvalue weighted by Gasteiger charge is -2.46. The monoisotopic (exact) mass is 249 g/mol. The molecule has 3 heteroatoms. The van der Waals surface area contributed by atoms with Gasteiger partial charge in [0.15, 0.2) is 0 Å². The van der Waals surface area contributed by atoms with Gasteiger partial charge in [0.25, 0.3) is 0 Å². The number of halogens is 1. The summed E-state index contributed by atoms with van der Waals surface area (Å²) < 4.78 is 0. The first-order valence-corrected chi connectivity index (χ1v) is 6.52. The van der Waals surface area contributed by atoms with Gasteiger partial charge in [0.1, 0.15) is 0 Å². The van der Waals surface area contributed by atoms with Crippen LogP contribution in [0.5, 0.6) is 0 Å². The summed E-state index contributed by atoms with van der Waals surface area (Å²) in [6, 6.07) is 7.78. The van der Waals surface area contributed by atoms with E-state index in [1.165, 1.54) is 0 Å². The number of hydrogen-bond donors (Lipinski definition) is 1. The van der Waals surface area contributed by atoms with Crippen molar-refractivity contribution in [1.29, 1.82) is 0 Å². The highest BCUT2D eigenvalue weighted by Crippen LogP contribution is 2.36. The first kappa shape index (κ1) is 11.1. The molecule has 3 saturated heterocycles. The van der Waals surface area contributed by atoms with Crippen molar-refractivity contribution in [3.05, 3.63) is 40.5 Å². The Hall–Kier alpha value is -0.990. The van der Waals surface area contributed by atoms with E-state index in [4.69, 9.17) is 11.6 Å². The molecule has 0 radical (unpaired) electrons. The number of rotatable bonds is 1. The number of nitrogens with zero attached hydrogens (tertiary/aromatic N) is 1. The van der Waals surface area contributed by atoms with E-state index in [0.717, 1.165) is 42.2 Å². The summed E-state index contributed by atoms with van der Waals surface area (Å²) in [5.41, 5.74) is 2.04. The molecular weight excluding hydrogens is 234 g/mol. The Balaban J connectivity index is 1.96. The predicted octanol–water partition coefficient (Wildman–Crippen LogP) is 2.77. The molecule has 2 bridgehead atoms. The van der Waals surface area contributed by atoms with Crippen LogP contribution in [0.1, 0.15) is 18.4 Å². The van der Waals surface area contributed by atoms with E-state index in [1.54, 1.807) is 0 Å². The maximum absolute atomic E-state index is 10.3. The number of hydrogen-bond acceptors (Lipinski definition) is 2. The van der Waals surface area contributed by atoms with E-state index in [1.807, 2.05) is 30.3 Å². The Labute approximate surface area is 107 Å². The fourth-order valence-electron chi connectivity index (χ4n) is 2.83. The summed E-state index contributed by atoms with van der Waals surface area (Å²) in [6.45, 7) is 2.13. The Morgan fingerprint density at radius 3 is 2.59 bits per heavy atom. The van der Waals surface area contributed by atoms with E-state index >= 15 is 0 Å². The van der Waals surface area contributed by atoms with Crippen LogP contribution in [-0.2, 0) is 0 Å². The van der Waals surface area contributed by atoms with Crippen LogP contribution in [0.4, 0.5) is 0 Å². The highest BCUT2D eigenvalue weighted by molar-refractivity contribution is 6.32. The van der Waals surface area contributed by atoms with E-state index < -0.39 is 0 Å². The third-order valence-corrected chi connectivity index (χ3v) is 4.21. The number of aliphatic hydroxyl groups is 1. The Morgan fingerprint density at radius 2 is 1.94 bits per heavy atom. The van der Waals surface area contributed by atoms with Gasteiger partial charge in [-0.2, -0.15) is 0 Å². The van der Waals surface area contributed by atoms with Crippen molar-refractivity contribution in [3.8, 4) is 0 Å². The van der Waals surface area contributed by atoms with Crippen molar-refractivity contribution in [1.82, 2.24) is 4.90 Å². The molecule has 4 rings (SSSR count). The first-order chi connectivity index (χ1) is 8.25. The normalized spacial score (nSPS) is 30.0. The zero-order chi connectivity index (χ0) is 11.8. The van der Waals surface area contributed by atoms with Gasteiger partial charge in [-0.05, 0) is 36.5 Å². The summed E-state index contributed by atoms with van der Waals surface area (Å²) in [5.74, 6) is 0.439. The van der Waals surface area contributed by atoms with Crippen LogP contribution in [0.3, 0.4) is 0 Å². The second-order valence-corrected chi connectivity index (χ2v) is 5.27. The highest BCUT2D eigenvalue weighted by Gasteiger charge is 2.36. The topological polar surface area (TPSA) is 23.5 Å². The molecule has 17 heavy (non-hydrogen) atoms. The van der Waals surface area contributed by atoms with Gasteiger partial charge in [-0.1, -0.05) is 29.8 Å². The number of benzene rings is 1. The first-order valence-electron chi connectivity index (χ1n) is 6.15. The van der Waals surface area contributed by atoms with Crippen molar-refractivity contribution in [2.75, 3.05) is 13.1 Å². The second-order valence-electron chi connectivity index (χ2n) is 4.86. The molecule has 0 saturated carbocycles. The number of fused-ring (bicyclic) bond motifs is 3. The average Bonchev–Trinajstić information content (AvgIpc) is 2.36.